The lowest BCUT2D eigenvalue weighted by molar-refractivity contribution is 0.150. The van der Waals surface area contributed by atoms with Crippen LogP contribution >= 0.6 is 0 Å². The average Bonchev–Trinajstić information content (AvgIpc) is 2.35. The van der Waals surface area contributed by atoms with Crippen LogP contribution in [0.3, 0.4) is 0 Å². The van der Waals surface area contributed by atoms with E-state index >= 15 is 0 Å². The molecule has 2 N–H and O–H groups in total. The molecule has 0 radical (unpaired) electrons. The summed E-state index contributed by atoms with van der Waals surface area (Å²) in [5.41, 5.74) is 2.29. The summed E-state index contributed by atoms with van der Waals surface area (Å²) in [4.78, 5) is 0. The fraction of sp³-hybridized carbons (Fsp3) is 0.538. The number of aliphatic hydroxyl groups excluding tert-OH is 2. The number of aryl methyl sites for hydroxylation is 1. The summed E-state index contributed by atoms with van der Waals surface area (Å²) in [5.74, 6) is 0.828. The Balaban J connectivity index is 2.82. The second kappa shape index (κ2) is 6.51. The first-order chi connectivity index (χ1) is 7.74. The van der Waals surface area contributed by atoms with E-state index in [-0.39, 0.29) is 19.1 Å². The fourth-order valence-corrected chi connectivity index (χ4v) is 1.76. The first kappa shape index (κ1) is 13.0. The van der Waals surface area contributed by atoms with Gasteiger partial charge in [0.25, 0.3) is 0 Å². The van der Waals surface area contributed by atoms with E-state index in [9.17, 15) is 0 Å². The van der Waals surface area contributed by atoms with E-state index in [0.29, 0.717) is 6.42 Å². The Morgan fingerprint density at radius 2 is 1.94 bits per heavy atom. The first-order valence-corrected chi connectivity index (χ1v) is 5.62. The lowest BCUT2D eigenvalue weighted by Gasteiger charge is -2.13. The SMILES string of the molecule is CCc1cc(CC(CO)CO)ccc1OC. The summed E-state index contributed by atoms with van der Waals surface area (Å²) in [6, 6.07) is 6.01. The summed E-state index contributed by atoms with van der Waals surface area (Å²) in [6.45, 7) is 2.12. The highest BCUT2D eigenvalue weighted by molar-refractivity contribution is 5.37. The molecule has 0 spiro atoms. The Morgan fingerprint density at radius 3 is 2.44 bits per heavy atom. The normalized spacial score (nSPS) is 10.8. The van der Waals surface area contributed by atoms with Crippen molar-refractivity contribution >= 4 is 0 Å². The van der Waals surface area contributed by atoms with Gasteiger partial charge in [0.15, 0.2) is 0 Å². The lowest BCUT2D eigenvalue weighted by Crippen LogP contribution is -2.14. The molecule has 0 saturated heterocycles. The van der Waals surface area contributed by atoms with Gasteiger partial charge in [-0.2, -0.15) is 0 Å². The quantitative estimate of drug-likeness (QED) is 0.768. The summed E-state index contributed by atoms with van der Waals surface area (Å²) < 4.78 is 5.25. The number of hydrogen-bond donors (Lipinski definition) is 2. The molecule has 0 amide bonds. The predicted octanol–water partition coefficient (Wildman–Crippen LogP) is 1.40. The van der Waals surface area contributed by atoms with Gasteiger partial charge in [0.2, 0.25) is 0 Å². The van der Waals surface area contributed by atoms with Gasteiger partial charge in [-0.25, -0.2) is 0 Å². The maximum Gasteiger partial charge on any atom is 0.122 e. The third-order valence-electron chi connectivity index (χ3n) is 2.77. The Kier molecular flexibility index (Phi) is 5.29. The molecular formula is C13H20O3. The van der Waals surface area contributed by atoms with Crippen molar-refractivity contribution in [1.29, 1.82) is 0 Å². The zero-order valence-corrected chi connectivity index (χ0v) is 9.94. The molecule has 0 aliphatic heterocycles. The Bertz CT molecular complexity index is 319. The van der Waals surface area contributed by atoms with Crippen molar-refractivity contribution in [2.75, 3.05) is 20.3 Å². The zero-order valence-electron chi connectivity index (χ0n) is 9.94. The summed E-state index contributed by atoms with van der Waals surface area (Å²) in [7, 11) is 1.67. The smallest absolute Gasteiger partial charge is 0.122 e. The number of benzene rings is 1. The number of rotatable bonds is 6. The Morgan fingerprint density at radius 1 is 1.25 bits per heavy atom. The van der Waals surface area contributed by atoms with Crippen molar-refractivity contribution in [2.24, 2.45) is 5.92 Å². The highest BCUT2D eigenvalue weighted by atomic mass is 16.5. The van der Waals surface area contributed by atoms with E-state index in [0.717, 1.165) is 23.3 Å². The molecule has 0 unspecified atom stereocenters. The van der Waals surface area contributed by atoms with Crippen LogP contribution < -0.4 is 4.74 Å². The van der Waals surface area contributed by atoms with Gasteiger partial charge in [0, 0.05) is 19.1 Å². The van der Waals surface area contributed by atoms with Gasteiger partial charge >= 0.3 is 0 Å². The van der Waals surface area contributed by atoms with Crippen molar-refractivity contribution < 1.29 is 14.9 Å². The lowest BCUT2D eigenvalue weighted by atomic mass is 9.98. The van der Waals surface area contributed by atoms with Crippen LogP contribution in [0.1, 0.15) is 18.1 Å². The van der Waals surface area contributed by atoms with E-state index < -0.39 is 0 Å². The first-order valence-electron chi connectivity index (χ1n) is 5.62. The standard InChI is InChI=1S/C13H20O3/c1-3-12-7-10(4-5-13(12)16-2)6-11(8-14)9-15/h4-5,7,11,14-15H,3,6,8-9H2,1-2H3. The molecule has 3 nitrogen and oxygen atoms in total. The average molecular weight is 224 g/mol. The molecule has 1 aromatic carbocycles. The minimum Gasteiger partial charge on any atom is -0.496 e. The highest BCUT2D eigenvalue weighted by Crippen LogP contribution is 2.21. The fourth-order valence-electron chi connectivity index (χ4n) is 1.76. The van der Waals surface area contributed by atoms with Crippen LogP contribution in [0.2, 0.25) is 0 Å². The molecule has 0 aromatic heterocycles. The molecule has 0 aliphatic carbocycles. The topological polar surface area (TPSA) is 49.7 Å². The number of methoxy groups -OCH3 is 1. The van der Waals surface area contributed by atoms with Crippen LogP contribution in [0.15, 0.2) is 18.2 Å². The van der Waals surface area contributed by atoms with Gasteiger partial charge in [0.1, 0.15) is 5.75 Å². The molecule has 0 heterocycles. The van der Waals surface area contributed by atoms with Gasteiger partial charge in [0.05, 0.1) is 7.11 Å². The molecule has 0 atom stereocenters. The number of ether oxygens (including phenoxy) is 1. The summed E-state index contributed by atoms with van der Waals surface area (Å²) in [6.07, 6.45) is 1.62. The van der Waals surface area contributed by atoms with Gasteiger partial charge < -0.3 is 14.9 Å². The van der Waals surface area contributed by atoms with Crippen molar-refractivity contribution in [1.82, 2.24) is 0 Å². The Labute approximate surface area is 96.7 Å². The molecule has 1 rings (SSSR count). The monoisotopic (exact) mass is 224 g/mol. The summed E-state index contributed by atoms with van der Waals surface area (Å²) in [5, 5.41) is 18.1. The van der Waals surface area contributed by atoms with Crippen molar-refractivity contribution in [3.63, 3.8) is 0 Å². The van der Waals surface area contributed by atoms with Gasteiger partial charge in [-0.05, 0) is 30.0 Å². The van der Waals surface area contributed by atoms with E-state index in [2.05, 4.69) is 13.0 Å². The van der Waals surface area contributed by atoms with Crippen molar-refractivity contribution in [2.45, 2.75) is 19.8 Å². The van der Waals surface area contributed by atoms with Crippen LogP contribution in [0.4, 0.5) is 0 Å². The predicted molar refractivity (Wildman–Crippen MR) is 63.7 cm³/mol. The second-order valence-electron chi connectivity index (χ2n) is 3.94. The third-order valence-corrected chi connectivity index (χ3v) is 2.77. The van der Waals surface area contributed by atoms with Crippen molar-refractivity contribution in [3.8, 4) is 5.75 Å². The summed E-state index contributed by atoms with van der Waals surface area (Å²) >= 11 is 0. The molecule has 0 aliphatic rings. The number of hydrogen-bond acceptors (Lipinski definition) is 3. The van der Waals surface area contributed by atoms with Gasteiger partial charge in [-0.1, -0.05) is 19.1 Å². The van der Waals surface area contributed by atoms with E-state index in [1.807, 2.05) is 12.1 Å². The third kappa shape index (κ3) is 3.22. The molecule has 90 valence electrons. The van der Waals surface area contributed by atoms with Crippen LogP contribution in [0.5, 0.6) is 5.75 Å². The second-order valence-corrected chi connectivity index (χ2v) is 3.94. The maximum atomic E-state index is 9.03. The van der Waals surface area contributed by atoms with Crippen molar-refractivity contribution in [3.05, 3.63) is 29.3 Å². The minimum atomic E-state index is -0.0712. The van der Waals surface area contributed by atoms with Crippen LogP contribution in [-0.2, 0) is 12.8 Å². The van der Waals surface area contributed by atoms with Gasteiger partial charge in [-0.3, -0.25) is 0 Å². The number of aliphatic hydroxyl groups is 2. The molecule has 1 aromatic rings. The molecule has 0 saturated carbocycles. The Hall–Kier alpha value is -1.06. The minimum absolute atomic E-state index is 0.0178. The van der Waals surface area contributed by atoms with E-state index in [1.165, 1.54) is 0 Å². The molecular weight excluding hydrogens is 204 g/mol. The van der Waals surface area contributed by atoms with E-state index in [4.69, 9.17) is 14.9 Å². The van der Waals surface area contributed by atoms with Crippen LogP contribution in [0, 0.1) is 5.92 Å². The molecule has 0 fully saturated rings. The van der Waals surface area contributed by atoms with E-state index in [1.54, 1.807) is 7.11 Å². The highest BCUT2D eigenvalue weighted by Gasteiger charge is 2.09. The molecule has 16 heavy (non-hydrogen) atoms. The largest absolute Gasteiger partial charge is 0.496 e. The van der Waals surface area contributed by atoms with Crippen LogP contribution in [0.25, 0.3) is 0 Å². The van der Waals surface area contributed by atoms with Crippen LogP contribution in [-0.4, -0.2) is 30.5 Å². The molecule has 3 heteroatoms. The molecule has 0 bridgehead atoms. The maximum absolute atomic E-state index is 9.03. The van der Waals surface area contributed by atoms with Gasteiger partial charge in [-0.15, -0.1) is 0 Å². The zero-order chi connectivity index (χ0) is 12.0.